The van der Waals surface area contributed by atoms with E-state index >= 15 is 0 Å². The van der Waals surface area contributed by atoms with E-state index in [1.807, 2.05) is 0 Å². The standard InChI is InChI=1S/C11H8ClFN4O/c12-8-3-5(13)1-2-6(8)11-16-4-7(10(15)18)9(14)17-11/h1-4H,(H2,15,18)(H2,14,16,17). The number of anilines is 1. The van der Waals surface area contributed by atoms with Crippen LogP contribution in [0.3, 0.4) is 0 Å². The van der Waals surface area contributed by atoms with Gasteiger partial charge in [-0.3, -0.25) is 4.79 Å². The van der Waals surface area contributed by atoms with Crippen molar-refractivity contribution in [1.29, 1.82) is 0 Å². The molecule has 1 amide bonds. The molecule has 92 valence electrons. The summed E-state index contributed by atoms with van der Waals surface area (Å²) in [5.74, 6) is -1.04. The van der Waals surface area contributed by atoms with Crippen LogP contribution in [0.4, 0.5) is 10.2 Å². The van der Waals surface area contributed by atoms with Crippen LogP contribution in [0.2, 0.25) is 5.02 Å². The molecule has 18 heavy (non-hydrogen) atoms. The van der Waals surface area contributed by atoms with E-state index in [0.29, 0.717) is 5.56 Å². The van der Waals surface area contributed by atoms with Crippen molar-refractivity contribution < 1.29 is 9.18 Å². The van der Waals surface area contributed by atoms with Crippen molar-refractivity contribution in [3.05, 3.63) is 40.8 Å². The highest BCUT2D eigenvalue weighted by atomic mass is 35.5. The molecule has 0 bridgehead atoms. The molecule has 0 radical (unpaired) electrons. The summed E-state index contributed by atoms with van der Waals surface area (Å²) in [4.78, 5) is 18.8. The molecular formula is C11H8ClFN4O. The van der Waals surface area contributed by atoms with E-state index in [9.17, 15) is 9.18 Å². The number of aromatic nitrogens is 2. The maximum Gasteiger partial charge on any atom is 0.254 e. The fourth-order valence-electron chi connectivity index (χ4n) is 1.39. The summed E-state index contributed by atoms with van der Waals surface area (Å²) in [6.45, 7) is 0. The first kappa shape index (κ1) is 12.3. The lowest BCUT2D eigenvalue weighted by molar-refractivity contribution is 0.100. The largest absolute Gasteiger partial charge is 0.383 e. The zero-order valence-corrected chi connectivity index (χ0v) is 9.78. The summed E-state index contributed by atoms with van der Waals surface area (Å²) in [6, 6.07) is 3.79. The summed E-state index contributed by atoms with van der Waals surface area (Å²) < 4.78 is 12.9. The highest BCUT2D eigenvalue weighted by Gasteiger charge is 2.12. The third-order valence-corrected chi connectivity index (χ3v) is 2.57. The van der Waals surface area contributed by atoms with Crippen molar-refractivity contribution in [2.45, 2.75) is 0 Å². The first-order valence-electron chi connectivity index (χ1n) is 4.87. The fraction of sp³-hybridized carbons (Fsp3) is 0. The molecule has 1 heterocycles. The molecule has 0 unspecified atom stereocenters. The summed E-state index contributed by atoms with van der Waals surface area (Å²) in [6.07, 6.45) is 1.21. The number of carbonyl (C=O) groups is 1. The Hall–Kier alpha value is -2.21. The Balaban J connectivity index is 2.52. The molecule has 4 N–H and O–H groups in total. The molecule has 2 aromatic rings. The average Bonchev–Trinajstić information content (AvgIpc) is 2.28. The zero-order valence-electron chi connectivity index (χ0n) is 9.02. The van der Waals surface area contributed by atoms with Gasteiger partial charge in [0.1, 0.15) is 11.6 Å². The smallest absolute Gasteiger partial charge is 0.254 e. The van der Waals surface area contributed by atoms with E-state index in [2.05, 4.69) is 9.97 Å². The van der Waals surface area contributed by atoms with E-state index in [-0.39, 0.29) is 22.2 Å². The van der Waals surface area contributed by atoms with E-state index in [4.69, 9.17) is 23.1 Å². The summed E-state index contributed by atoms with van der Waals surface area (Å²) >= 11 is 5.87. The number of primary amides is 1. The molecule has 0 aliphatic heterocycles. The lowest BCUT2D eigenvalue weighted by atomic mass is 10.2. The van der Waals surface area contributed by atoms with Gasteiger partial charge in [0.05, 0.1) is 10.6 Å². The molecule has 0 spiro atoms. The Labute approximate surface area is 107 Å². The van der Waals surface area contributed by atoms with Crippen LogP contribution in [-0.4, -0.2) is 15.9 Å². The van der Waals surface area contributed by atoms with Gasteiger partial charge in [0, 0.05) is 11.8 Å². The van der Waals surface area contributed by atoms with Crippen LogP contribution < -0.4 is 11.5 Å². The lowest BCUT2D eigenvalue weighted by Crippen LogP contribution is -2.15. The molecule has 1 aromatic carbocycles. The molecule has 0 saturated carbocycles. The minimum absolute atomic E-state index is 0.0250. The van der Waals surface area contributed by atoms with Crippen molar-refractivity contribution in [2.75, 3.05) is 5.73 Å². The molecule has 0 aliphatic rings. The molecule has 0 atom stereocenters. The number of amides is 1. The van der Waals surface area contributed by atoms with Crippen molar-refractivity contribution >= 4 is 23.3 Å². The van der Waals surface area contributed by atoms with Gasteiger partial charge in [0.25, 0.3) is 5.91 Å². The van der Waals surface area contributed by atoms with Gasteiger partial charge in [-0.2, -0.15) is 0 Å². The minimum atomic E-state index is -0.718. The quantitative estimate of drug-likeness (QED) is 0.863. The number of rotatable bonds is 2. The van der Waals surface area contributed by atoms with Crippen LogP contribution in [0, 0.1) is 5.82 Å². The molecule has 7 heteroatoms. The van der Waals surface area contributed by atoms with Crippen molar-refractivity contribution in [1.82, 2.24) is 9.97 Å². The number of nitrogen functional groups attached to an aromatic ring is 1. The Morgan fingerprint density at radius 3 is 2.67 bits per heavy atom. The second kappa shape index (κ2) is 4.58. The van der Waals surface area contributed by atoms with Gasteiger partial charge in [-0.25, -0.2) is 14.4 Å². The normalized spacial score (nSPS) is 10.3. The number of hydrogen-bond acceptors (Lipinski definition) is 4. The second-order valence-electron chi connectivity index (χ2n) is 3.48. The van der Waals surface area contributed by atoms with Crippen LogP contribution in [0.15, 0.2) is 24.4 Å². The molecule has 2 rings (SSSR count). The van der Waals surface area contributed by atoms with Gasteiger partial charge in [-0.05, 0) is 18.2 Å². The Bertz CT molecular complexity index is 632. The first-order chi connectivity index (χ1) is 8.49. The molecule has 0 fully saturated rings. The van der Waals surface area contributed by atoms with Crippen LogP contribution >= 0.6 is 11.6 Å². The van der Waals surface area contributed by atoms with Gasteiger partial charge in [0.15, 0.2) is 5.82 Å². The van der Waals surface area contributed by atoms with Crippen LogP contribution in [-0.2, 0) is 0 Å². The topological polar surface area (TPSA) is 94.9 Å². The van der Waals surface area contributed by atoms with Gasteiger partial charge in [-0.15, -0.1) is 0 Å². The zero-order chi connectivity index (χ0) is 13.3. The molecular weight excluding hydrogens is 259 g/mol. The fourth-order valence-corrected chi connectivity index (χ4v) is 1.64. The predicted octanol–water partition coefficient (Wildman–Crippen LogP) is 1.62. The second-order valence-corrected chi connectivity index (χ2v) is 3.89. The Morgan fingerprint density at radius 1 is 1.39 bits per heavy atom. The number of carbonyl (C=O) groups excluding carboxylic acids is 1. The summed E-state index contributed by atoms with van der Waals surface area (Å²) in [5, 5.41) is 0.154. The Kier molecular flexibility index (Phi) is 3.12. The third-order valence-electron chi connectivity index (χ3n) is 2.26. The van der Waals surface area contributed by atoms with Gasteiger partial charge in [0.2, 0.25) is 0 Å². The van der Waals surface area contributed by atoms with Crippen LogP contribution in [0.1, 0.15) is 10.4 Å². The van der Waals surface area contributed by atoms with Gasteiger partial charge in [-0.1, -0.05) is 11.6 Å². The van der Waals surface area contributed by atoms with Crippen LogP contribution in [0.25, 0.3) is 11.4 Å². The summed E-state index contributed by atoms with van der Waals surface area (Å²) in [5.41, 5.74) is 11.1. The number of nitrogens with zero attached hydrogens (tertiary/aromatic N) is 2. The monoisotopic (exact) mass is 266 g/mol. The van der Waals surface area contributed by atoms with Crippen molar-refractivity contribution in [2.24, 2.45) is 5.73 Å². The molecule has 0 saturated heterocycles. The number of hydrogen-bond donors (Lipinski definition) is 2. The summed E-state index contributed by atoms with van der Waals surface area (Å²) in [7, 11) is 0. The number of halogens is 2. The Morgan fingerprint density at radius 2 is 2.11 bits per heavy atom. The lowest BCUT2D eigenvalue weighted by Gasteiger charge is -2.05. The molecule has 0 aliphatic carbocycles. The van der Waals surface area contributed by atoms with Gasteiger partial charge >= 0.3 is 0 Å². The minimum Gasteiger partial charge on any atom is -0.383 e. The van der Waals surface area contributed by atoms with E-state index < -0.39 is 11.7 Å². The maximum absolute atomic E-state index is 12.9. The van der Waals surface area contributed by atoms with E-state index in [1.54, 1.807) is 0 Å². The average molecular weight is 267 g/mol. The first-order valence-corrected chi connectivity index (χ1v) is 5.24. The predicted molar refractivity (Wildman–Crippen MR) is 65.4 cm³/mol. The van der Waals surface area contributed by atoms with Crippen molar-refractivity contribution in [3.8, 4) is 11.4 Å². The third kappa shape index (κ3) is 2.23. The SMILES string of the molecule is NC(=O)c1cnc(-c2ccc(F)cc2Cl)nc1N. The maximum atomic E-state index is 12.9. The van der Waals surface area contributed by atoms with Gasteiger partial charge < -0.3 is 11.5 Å². The molecule has 5 nitrogen and oxygen atoms in total. The highest BCUT2D eigenvalue weighted by molar-refractivity contribution is 6.33. The highest BCUT2D eigenvalue weighted by Crippen LogP contribution is 2.26. The van der Waals surface area contributed by atoms with E-state index in [0.717, 1.165) is 6.07 Å². The van der Waals surface area contributed by atoms with E-state index in [1.165, 1.54) is 18.3 Å². The van der Waals surface area contributed by atoms with Crippen LogP contribution in [0.5, 0.6) is 0 Å². The van der Waals surface area contributed by atoms with Crippen molar-refractivity contribution in [3.63, 3.8) is 0 Å². The number of nitrogens with two attached hydrogens (primary N) is 2. The number of benzene rings is 1. The molecule has 1 aromatic heterocycles.